The number of rotatable bonds is 5. The van der Waals surface area contributed by atoms with Crippen LogP contribution in [0.5, 0.6) is 5.75 Å². The number of urea groups is 1. The van der Waals surface area contributed by atoms with Gasteiger partial charge in [-0.05, 0) is 63.6 Å². The highest BCUT2D eigenvalue weighted by Crippen LogP contribution is 2.24. The van der Waals surface area contributed by atoms with E-state index in [1.54, 1.807) is 0 Å². The van der Waals surface area contributed by atoms with Crippen LogP contribution in [0.15, 0.2) is 34.4 Å². The van der Waals surface area contributed by atoms with Crippen molar-refractivity contribution in [3.63, 3.8) is 0 Å². The summed E-state index contributed by atoms with van der Waals surface area (Å²) in [5, 5.41) is 6.71. The molecule has 2 fully saturated rings. The molecule has 3 heterocycles. The maximum Gasteiger partial charge on any atom is 0.324 e. The number of carbonyl (C=O) groups is 1. The number of hydrogen-bond donors (Lipinski definition) is 1. The molecule has 7 heteroatoms. The molecule has 1 N–H and O–H groups in total. The molecule has 2 aliphatic heterocycles. The topological polar surface area (TPSA) is 76.8 Å². The molecule has 2 amide bonds. The number of aryl methyl sites for hydroxylation is 1. The van der Waals surface area contributed by atoms with Crippen molar-refractivity contribution >= 4 is 18.0 Å². The van der Waals surface area contributed by atoms with Crippen molar-refractivity contribution in [1.82, 2.24) is 10.1 Å². The number of carbonyl (C=O) groups excluding carboxylic acids is 1. The van der Waals surface area contributed by atoms with Gasteiger partial charge in [-0.1, -0.05) is 28.9 Å². The molecule has 1 aromatic heterocycles. The van der Waals surface area contributed by atoms with E-state index in [1.165, 1.54) is 12.0 Å². The molecule has 166 valence electrons. The molecule has 2 aliphatic rings. The second-order valence-electron chi connectivity index (χ2n) is 8.31. The Labute approximate surface area is 183 Å². The molecule has 1 unspecified atom stereocenters. The van der Waals surface area contributed by atoms with E-state index in [2.05, 4.69) is 28.7 Å². The fourth-order valence-electron chi connectivity index (χ4n) is 3.91. The average molecular weight is 426 g/mol. The summed E-state index contributed by atoms with van der Waals surface area (Å²) in [6, 6.07) is 8.03. The zero-order chi connectivity index (χ0) is 21.6. The molecule has 0 radical (unpaired) electrons. The monoisotopic (exact) mass is 425 g/mol. The quantitative estimate of drug-likeness (QED) is 0.733. The van der Waals surface area contributed by atoms with E-state index >= 15 is 0 Å². The summed E-state index contributed by atoms with van der Waals surface area (Å²) in [4.78, 5) is 14.3. The fourth-order valence-corrected chi connectivity index (χ4v) is 3.91. The summed E-state index contributed by atoms with van der Waals surface area (Å²) in [6.07, 6.45) is 7.55. The number of nitrogens with zero attached hydrogens (tertiary/aromatic N) is 2. The van der Waals surface area contributed by atoms with E-state index < -0.39 is 0 Å². The van der Waals surface area contributed by atoms with Gasteiger partial charge in [0.15, 0.2) is 0 Å². The number of benzene rings is 1. The van der Waals surface area contributed by atoms with Gasteiger partial charge in [-0.25, -0.2) is 4.79 Å². The van der Waals surface area contributed by atoms with E-state index in [1.807, 2.05) is 30.9 Å². The van der Waals surface area contributed by atoms with Gasteiger partial charge < -0.3 is 18.9 Å². The SMILES string of the molecule is Cc1noc(NC(=O)N2CCC(=Cc3cccc(OCC4CCCCO4)c3)CC2)c1C. The van der Waals surface area contributed by atoms with Crippen LogP contribution in [0.4, 0.5) is 10.7 Å². The molecular formula is C24H31N3O4. The van der Waals surface area contributed by atoms with Crippen molar-refractivity contribution in [1.29, 1.82) is 0 Å². The second kappa shape index (κ2) is 10.0. The van der Waals surface area contributed by atoms with Gasteiger partial charge in [0.2, 0.25) is 5.88 Å². The first-order valence-electron chi connectivity index (χ1n) is 11.1. The highest BCUT2D eigenvalue weighted by atomic mass is 16.5. The van der Waals surface area contributed by atoms with E-state index in [0.29, 0.717) is 25.6 Å². The lowest BCUT2D eigenvalue weighted by molar-refractivity contribution is -0.0110. The largest absolute Gasteiger partial charge is 0.491 e. The van der Waals surface area contributed by atoms with Gasteiger partial charge >= 0.3 is 6.03 Å². The maximum absolute atomic E-state index is 12.5. The zero-order valence-electron chi connectivity index (χ0n) is 18.4. The van der Waals surface area contributed by atoms with Gasteiger partial charge in [-0.15, -0.1) is 0 Å². The van der Waals surface area contributed by atoms with Gasteiger partial charge in [-0.2, -0.15) is 0 Å². The Morgan fingerprint density at radius 2 is 2.13 bits per heavy atom. The predicted molar refractivity (Wildman–Crippen MR) is 119 cm³/mol. The molecule has 7 nitrogen and oxygen atoms in total. The Balaban J connectivity index is 1.28. The third-order valence-electron chi connectivity index (χ3n) is 6.01. The van der Waals surface area contributed by atoms with Crippen molar-refractivity contribution in [3.05, 3.63) is 46.7 Å². The Morgan fingerprint density at radius 3 is 2.84 bits per heavy atom. The van der Waals surface area contributed by atoms with Gasteiger partial charge in [0.25, 0.3) is 0 Å². The van der Waals surface area contributed by atoms with E-state index in [4.69, 9.17) is 14.0 Å². The summed E-state index contributed by atoms with van der Waals surface area (Å²) in [5.41, 5.74) is 4.12. The number of anilines is 1. The molecule has 0 spiro atoms. The molecule has 4 rings (SSSR count). The summed E-state index contributed by atoms with van der Waals surface area (Å²) < 4.78 is 16.9. The number of aromatic nitrogens is 1. The number of piperidine rings is 1. The van der Waals surface area contributed by atoms with Crippen LogP contribution in [0, 0.1) is 13.8 Å². The Morgan fingerprint density at radius 1 is 1.29 bits per heavy atom. The molecule has 1 atom stereocenters. The van der Waals surface area contributed by atoms with Crippen molar-refractivity contribution in [2.75, 3.05) is 31.6 Å². The van der Waals surface area contributed by atoms with Crippen molar-refractivity contribution < 1.29 is 18.8 Å². The van der Waals surface area contributed by atoms with Crippen LogP contribution >= 0.6 is 0 Å². The highest BCUT2D eigenvalue weighted by Gasteiger charge is 2.21. The van der Waals surface area contributed by atoms with E-state index in [0.717, 1.165) is 54.9 Å². The number of amides is 2. The molecule has 2 aromatic rings. The number of nitrogens with one attached hydrogen (secondary N) is 1. The molecule has 0 bridgehead atoms. The minimum absolute atomic E-state index is 0.140. The van der Waals surface area contributed by atoms with E-state index in [-0.39, 0.29) is 12.1 Å². The van der Waals surface area contributed by atoms with Crippen LogP contribution in [-0.4, -0.2) is 48.5 Å². The summed E-state index contributed by atoms with van der Waals surface area (Å²) >= 11 is 0. The molecule has 1 aromatic carbocycles. The van der Waals surface area contributed by atoms with Crippen molar-refractivity contribution in [3.8, 4) is 5.75 Å². The summed E-state index contributed by atoms with van der Waals surface area (Å²) in [6.45, 7) is 6.55. The zero-order valence-corrected chi connectivity index (χ0v) is 18.4. The Kier molecular flexibility index (Phi) is 6.92. The molecule has 31 heavy (non-hydrogen) atoms. The average Bonchev–Trinajstić information content (AvgIpc) is 3.11. The summed E-state index contributed by atoms with van der Waals surface area (Å²) in [7, 11) is 0. The third kappa shape index (κ3) is 5.67. The minimum Gasteiger partial charge on any atom is -0.491 e. The molecular weight excluding hydrogens is 394 g/mol. The Bertz CT molecular complexity index is 921. The number of likely N-dealkylation sites (tertiary alicyclic amines) is 1. The standard InChI is InChI=1S/C24H31N3O4/c1-17-18(2)26-31-23(17)25-24(28)27-11-9-19(10-12-27)14-20-6-5-8-21(15-20)30-16-22-7-3-4-13-29-22/h5-6,8,14-15,22H,3-4,7,9-13,16H2,1-2H3,(H,25,28). The molecule has 0 aliphatic carbocycles. The van der Waals surface area contributed by atoms with Crippen LogP contribution in [0.2, 0.25) is 0 Å². The second-order valence-corrected chi connectivity index (χ2v) is 8.31. The number of hydrogen-bond acceptors (Lipinski definition) is 5. The number of ether oxygens (including phenoxy) is 2. The lowest BCUT2D eigenvalue weighted by atomic mass is 10.0. The fraction of sp³-hybridized carbons (Fsp3) is 0.500. The van der Waals surface area contributed by atoms with Gasteiger partial charge in [0, 0.05) is 25.3 Å². The Hall–Kier alpha value is -2.80. The normalized spacial score (nSPS) is 19.2. The van der Waals surface area contributed by atoms with Gasteiger partial charge in [0.05, 0.1) is 11.8 Å². The van der Waals surface area contributed by atoms with Crippen LogP contribution in [0.3, 0.4) is 0 Å². The maximum atomic E-state index is 12.5. The van der Waals surface area contributed by atoms with E-state index in [9.17, 15) is 4.79 Å². The lowest BCUT2D eigenvalue weighted by Crippen LogP contribution is -2.39. The smallest absolute Gasteiger partial charge is 0.324 e. The van der Waals surface area contributed by atoms with Crippen molar-refractivity contribution in [2.45, 2.75) is 52.1 Å². The summed E-state index contributed by atoms with van der Waals surface area (Å²) in [5.74, 6) is 1.30. The highest BCUT2D eigenvalue weighted by molar-refractivity contribution is 5.88. The van der Waals surface area contributed by atoms with Crippen molar-refractivity contribution in [2.24, 2.45) is 0 Å². The van der Waals surface area contributed by atoms with Crippen LogP contribution in [0.25, 0.3) is 6.08 Å². The lowest BCUT2D eigenvalue weighted by Gasteiger charge is -2.28. The van der Waals surface area contributed by atoms with Gasteiger partial charge in [-0.3, -0.25) is 5.32 Å². The van der Waals surface area contributed by atoms with Gasteiger partial charge in [0.1, 0.15) is 12.4 Å². The first kappa shape index (κ1) is 21.4. The molecule has 2 saturated heterocycles. The first-order chi connectivity index (χ1) is 15.1. The van der Waals surface area contributed by atoms with Crippen LogP contribution < -0.4 is 10.1 Å². The van der Waals surface area contributed by atoms with Crippen LogP contribution in [0.1, 0.15) is 48.9 Å². The first-order valence-corrected chi connectivity index (χ1v) is 11.1. The molecule has 0 saturated carbocycles. The predicted octanol–water partition coefficient (Wildman–Crippen LogP) is 4.95. The third-order valence-corrected chi connectivity index (χ3v) is 6.01. The van der Waals surface area contributed by atoms with Crippen LogP contribution in [-0.2, 0) is 4.74 Å². The minimum atomic E-state index is -0.140.